The number of likely N-dealkylation sites (tertiary alicyclic amines) is 1. The molecule has 0 aromatic carbocycles. The molecule has 20 heavy (non-hydrogen) atoms. The third-order valence-corrected chi connectivity index (χ3v) is 5.32. The van der Waals surface area contributed by atoms with E-state index in [2.05, 4.69) is 28.8 Å². The number of nitrogens with zero attached hydrogens (tertiary/aromatic N) is 1. The van der Waals surface area contributed by atoms with Gasteiger partial charge in [0.05, 0.1) is 5.75 Å². The van der Waals surface area contributed by atoms with Crippen LogP contribution in [0.1, 0.15) is 46.0 Å². The molecule has 1 heterocycles. The van der Waals surface area contributed by atoms with Crippen LogP contribution in [0.4, 0.5) is 0 Å². The van der Waals surface area contributed by atoms with Crippen LogP contribution in [0.5, 0.6) is 0 Å². The van der Waals surface area contributed by atoms with Crippen molar-refractivity contribution in [2.24, 2.45) is 0 Å². The molecule has 0 aliphatic carbocycles. The van der Waals surface area contributed by atoms with Crippen LogP contribution in [0.25, 0.3) is 0 Å². The van der Waals surface area contributed by atoms with Gasteiger partial charge in [0, 0.05) is 12.6 Å². The van der Waals surface area contributed by atoms with Crippen LogP contribution in [-0.4, -0.2) is 57.8 Å². The average Bonchev–Trinajstić information content (AvgIpc) is 2.88. The number of hydrogen-bond donors (Lipinski definition) is 2. The van der Waals surface area contributed by atoms with E-state index in [1.54, 1.807) is 0 Å². The Morgan fingerprint density at radius 2 is 2.00 bits per heavy atom. The highest BCUT2D eigenvalue weighted by Gasteiger charge is 2.24. The number of rotatable bonds is 11. The normalized spacial score (nSPS) is 20.6. The maximum atomic E-state index is 11.9. The van der Waals surface area contributed by atoms with Gasteiger partial charge in [0.25, 0.3) is 0 Å². The zero-order valence-electron chi connectivity index (χ0n) is 13.0. The van der Waals surface area contributed by atoms with Crippen LogP contribution in [0.15, 0.2) is 0 Å². The van der Waals surface area contributed by atoms with Gasteiger partial charge in [-0.2, -0.15) is 0 Å². The van der Waals surface area contributed by atoms with Gasteiger partial charge in [-0.05, 0) is 58.3 Å². The Hall–Kier alpha value is -0.170. The maximum absolute atomic E-state index is 11.9. The van der Waals surface area contributed by atoms with Crippen molar-refractivity contribution in [1.29, 1.82) is 0 Å². The van der Waals surface area contributed by atoms with Crippen molar-refractivity contribution >= 4 is 10.0 Å². The molecule has 1 aliphatic heterocycles. The SMILES string of the molecule is CCCNCCCCS(=O)(=O)NCC1CCCN1CC. The van der Waals surface area contributed by atoms with Gasteiger partial charge in [-0.1, -0.05) is 13.8 Å². The van der Waals surface area contributed by atoms with E-state index >= 15 is 0 Å². The molecular formula is C14H31N3O2S. The average molecular weight is 305 g/mol. The summed E-state index contributed by atoms with van der Waals surface area (Å²) in [5.41, 5.74) is 0. The molecule has 0 saturated carbocycles. The zero-order chi connectivity index (χ0) is 14.8. The van der Waals surface area contributed by atoms with Crippen LogP contribution < -0.4 is 10.0 Å². The lowest BCUT2D eigenvalue weighted by molar-refractivity contribution is 0.268. The van der Waals surface area contributed by atoms with Gasteiger partial charge in [-0.15, -0.1) is 0 Å². The molecule has 0 aromatic rings. The predicted molar refractivity (Wildman–Crippen MR) is 84.5 cm³/mol. The minimum atomic E-state index is -3.10. The fourth-order valence-corrected chi connectivity index (χ4v) is 3.86. The van der Waals surface area contributed by atoms with Crippen molar-refractivity contribution in [3.05, 3.63) is 0 Å². The lowest BCUT2D eigenvalue weighted by atomic mass is 10.2. The lowest BCUT2D eigenvalue weighted by Gasteiger charge is -2.22. The van der Waals surface area contributed by atoms with E-state index in [9.17, 15) is 8.42 Å². The fraction of sp³-hybridized carbons (Fsp3) is 1.00. The summed E-state index contributed by atoms with van der Waals surface area (Å²) >= 11 is 0. The molecule has 0 amide bonds. The summed E-state index contributed by atoms with van der Waals surface area (Å²) in [6.45, 7) is 8.88. The molecular weight excluding hydrogens is 274 g/mol. The first-order valence-corrected chi connectivity index (χ1v) is 9.66. The topological polar surface area (TPSA) is 61.4 Å². The molecule has 0 aromatic heterocycles. The van der Waals surface area contributed by atoms with Crippen molar-refractivity contribution in [2.45, 2.75) is 52.0 Å². The molecule has 6 heteroatoms. The van der Waals surface area contributed by atoms with Gasteiger partial charge in [0.1, 0.15) is 0 Å². The van der Waals surface area contributed by atoms with Gasteiger partial charge in [-0.3, -0.25) is 4.90 Å². The monoisotopic (exact) mass is 305 g/mol. The maximum Gasteiger partial charge on any atom is 0.211 e. The standard InChI is InChI=1S/C14H31N3O2S/c1-3-9-15-10-5-6-12-20(18,19)16-13-14-8-7-11-17(14)4-2/h14-16H,3-13H2,1-2H3. The summed E-state index contributed by atoms with van der Waals surface area (Å²) in [6, 6.07) is 0.390. The van der Waals surface area contributed by atoms with Gasteiger partial charge in [0.2, 0.25) is 10.0 Å². The van der Waals surface area contributed by atoms with Crippen molar-refractivity contribution < 1.29 is 8.42 Å². The summed E-state index contributed by atoms with van der Waals surface area (Å²) in [5.74, 6) is 0.250. The molecule has 1 rings (SSSR count). The first-order chi connectivity index (χ1) is 9.59. The molecule has 1 saturated heterocycles. The molecule has 1 aliphatic rings. The summed E-state index contributed by atoms with van der Waals surface area (Å²) in [4.78, 5) is 2.36. The number of nitrogens with one attached hydrogen (secondary N) is 2. The van der Waals surface area contributed by atoms with Crippen molar-refractivity contribution in [3.63, 3.8) is 0 Å². The Morgan fingerprint density at radius 3 is 2.70 bits per heavy atom. The Kier molecular flexibility index (Phi) is 8.68. The third kappa shape index (κ3) is 7.02. The summed E-state index contributed by atoms with van der Waals surface area (Å²) in [6.07, 6.45) is 5.06. The minimum Gasteiger partial charge on any atom is -0.317 e. The quantitative estimate of drug-likeness (QED) is 0.563. The minimum absolute atomic E-state index is 0.250. The summed E-state index contributed by atoms with van der Waals surface area (Å²) in [7, 11) is -3.10. The fourth-order valence-electron chi connectivity index (χ4n) is 2.68. The highest BCUT2D eigenvalue weighted by molar-refractivity contribution is 7.89. The molecule has 0 radical (unpaired) electrons. The van der Waals surface area contributed by atoms with Crippen molar-refractivity contribution in [1.82, 2.24) is 14.9 Å². The van der Waals surface area contributed by atoms with Gasteiger partial charge < -0.3 is 5.32 Å². The largest absolute Gasteiger partial charge is 0.317 e. The Bertz CT molecular complexity index is 346. The molecule has 5 nitrogen and oxygen atoms in total. The second-order valence-corrected chi connectivity index (χ2v) is 7.48. The van der Waals surface area contributed by atoms with E-state index in [0.29, 0.717) is 12.6 Å². The number of likely N-dealkylation sites (N-methyl/N-ethyl adjacent to an activating group) is 1. The molecule has 0 spiro atoms. The van der Waals surface area contributed by atoms with Gasteiger partial charge in [-0.25, -0.2) is 13.1 Å². The molecule has 1 atom stereocenters. The van der Waals surface area contributed by atoms with E-state index in [1.807, 2.05) is 0 Å². The predicted octanol–water partition coefficient (Wildman–Crippen LogP) is 1.17. The molecule has 1 unspecified atom stereocenters. The third-order valence-electron chi connectivity index (χ3n) is 3.89. The molecule has 0 bridgehead atoms. The Morgan fingerprint density at radius 1 is 1.20 bits per heavy atom. The smallest absolute Gasteiger partial charge is 0.211 e. The Balaban J connectivity index is 2.14. The highest BCUT2D eigenvalue weighted by Crippen LogP contribution is 2.15. The van der Waals surface area contributed by atoms with E-state index in [0.717, 1.165) is 51.9 Å². The Labute approximate surface area is 124 Å². The zero-order valence-corrected chi connectivity index (χ0v) is 13.8. The summed E-state index contributed by atoms with van der Waals surface area (Å²) in [5, 5.41) is 3.29. The van der Waals surface area contributed by atoms with Crippen molar-refractivity contribution in [2.75, 3.05) is 38.5 Å². The second-order valence-electron chi connectivity index (χ2n) is 5.55. The van der Waals surface area contributed by atoms with Crippen LogP contribution >= 0.6 is 0 Å². The van der Waals surface area contributed by atoms with E-state index in [4.69, 9.17) is 0 Å². The first kappa shape index (κ1) is 17.9. The van der Waals surface area contributed by atoms with Gasteiger partial charge in [0.15, 0.2) is 0 Å². The number of hydrogen-bond acceptors (Lipinski definition) is 4. The van der Waals surface area contributed by atoms with Crippen LogP contribution in [-0.2, 0) is 10.0 Å². The summed E-state index contributed by atoms with van der Waals surface area (Å²) < 4.78 is 26.6. The van der Waals surface area contributed by atoms with Crippen LogP contribution in [0.2, 0.25) is 0 Å². The highest BCUT2D eigenvalue weighted by atomic mass is 32.2. The first-order valence-electron chi connectivity index (χ1n) is 8.01. The lowest BCUT2D eigenvalue weighted by Crippen LogP contribution is -2.40. The molecule has 120 valence electrons. The molecule has 2 N–H and O–H groups in total. The second kappa shape index (κ2) is 9.71. The van der Waals surface area contributed by atoms with E-state index in [1.165, 1.54) is 6.42 Å². The molecule has 1 fully saturated rings. The van der Waals surface area contributed by atoms with Crippen LogP contribution in [0, 0.1) is 0 Å². The van der Waals surface area contributed by atoms with Gasteiger partial charge >= 0.3 is 0 Å². The van der Waals surface area contributed by atoms with Crippen LogP contribution in [0.3, 0.4) is 0 Å². The van der Waals surface area contributed by atoms with E-state index in [-0.39, 0.29) is 5.75 Å². The number of sulfonamides is 1. The number of unbranched alkanes of at least 4 members (excludes halogenated alkanes) is 1. The van der Waals surface area contributed by atoms with Crippen molar-refractivity contribution in [3.8, 4) is 0 Å². The van der Waals surface area contributed by atoms with E-state index < -0.39 is 10.0 Å².